The molecule has 0 radical (unpaired) electrons. The second-order valence-corrected chi connectivity index (χ2v) is 6.24. The van der Waals surface area contributed by atoms with Gasteiger partial charge < -0.3 is 10.6 Å². The van der Waals surface area contributed by atoms with Crippen molar-refractivity contribution < 1.29 is 8.42 Å². The van der Waals surface area contributed by atoms with Crippen molar-refractivity contribution in [2.24, 2.45) is 0 Å². The van der Waals surface area contributed by atoms with Gasteiger partial charge in [0.25, 0.3) is 0 Å². The number of hydrogen-bond acceptors (Lipinski definition) is 4. The molecule has 1 aliphatic rings. The molecule has 2 atom stereocenters. The third-order valence-electron chi connectivity index (χ3n) is 2.85. The van der Waals surface area contributed by atoms with Crippen LogP contribution in [0.4, 0.5) is 5.69 Å². The summed E-state index contributed by atoms with van der Waals surface area (Å²) < 4.78 is 23.0. The summed E-state index contributed by atoms with van der Waals surface area (Å²) >= 11 is 0. The zero-order valence-corrected chi connectivity index (χ0v) is 10.00. The Kier molecular flexibility index (Phi) is 3.16. The van der Waals surface area contributed by atoms with Gasteiger partial charge in [-0.15, -0.1) is 0 Å². The summed E-state index contributed by atoms with van der Waals surface area (Å²) in [5.74, 6) is 0.418. The minimum Gasteiger partial charge on any atom is -0.380 e. The fraction of sp³-hybridized carbons (Fsp3) is 0.455. The molecule has 2 N–H and O–H groups in total. The molecule has 1 saturated heterocycles. The zero-order chi connectivity index (χ0) is 11.6. The van der Waals surface area contributed by atoms with Crippen LogP contribution in [0.5, 0.6) is 0 Å². The van der Waals surface area contributed by atoms with E-state index in [-0.39, 0.29) is 23.6 Å². The molecular formula is C11H16N2O2S. The van der Waals surface area contributed by atoms with Gasteiger partial charge >= 0.3 is 0 Å². The average molecular weight is 240 g/mol. The van der Waals surface area contributed by atoms with E-state index in [0.717, 1.165) is 5.69 Å². The first-order chi connectivity index (χ1) is 7.61. The van der Waals surface area contributed by atoms with E-state index >= 15 is 0 Å². The Morgan fingerprint density at radius 3 is 2.38 bits per heavy atom. The number of anilines is 1. The van der Waals surface area contributed by atoms with Crippen LogP contribution < -0.4 is 10.6 Å². The van der Waals surface area contributed by atoms with E-state index in [1.807, 2.05) is 30.3 Å². The van der Waals surface area contributed by atoms with E-state index < -0.39 is 9.84 Å². The number of benzene rings is 1. The van der Waals surface area contributed by atoms with Gasteiger partial charge in [0.2, 0.25) is 0 Å². The Bertz CT molecular complexity index is 444. The molecule has 0 saturated carbocycles. The van der Waals surface area contributed by atoms with E-state index in [1.54, 1.807) is 7.05 Å². The Hall–Kier alpha value is -1.07. The third kappa shape index (κ3) is 2.54. The first-order valence-corrected chi connectivity index (χ1v) is 7.12. The lowest BCUT2D eigenvalue weighted by molar-refractivity contribution is 0.573. The first-order valence-electron chi connectivity index (χ1n) is 5.30. The van der Waals surface area contributed by atoms with Crippen LogP contribution in [-0.4, -0.2) is 39.1 Å². The van der Waals surface area contributed by atoms with Crippen molar-refractivity contribution in [3.8, 4) is 0 Å². The summed E-state index contributed by atoms with van der Waals surface area (Å²) in [6, 6.07) is 9.63. The predicted molar refractivity (Wildman–Crippen MR) is 65.4 cm³/mol. The minimum atomic E-state index is -2.90. The fourth-order valence-electron chi connectivity index (χ4n) is 2.02. The summed E-state index contributed by atoms with van der Waals surface area (Å²) in [4.78, 5) is 0. The molecule has 4 nitrogen and oxygen atoms in total. The van der Waals surface area contributed by atoms with Gasteiger partial charge in [-0.05, 0) is 19.2 Å². The minimum absolute atomic E-state index is 0.00907. The van der Waals surface area contributed by atoms with Crippen molar-refractivity contribution in [1.82, 2.24) is 5.32 Å². The van der Waals surface area contributed by atoms with Gasteiger partial charge in [-0.1, -0.05) is 18.2 Å². The van der Waals surface area contributed by atoms with Crippen LogP contribution >= 0.6 is 0 Å². The highest BCUT2D eigenvalue weighted by atomic mass is 32.2. The van der Waals surface area contributed by atoms with Crippen LogP contribution in [0.3, 0.4) is 0 Å². The number of hydrogen-bond donors (Lipinski definition) is 2. The number of nitrogens with one attached hydrogen (secondary N) is 2. The lowest BCUT2D eigenvalue weighted by Crippen LogP contribution is -2.41. The van der Waals surface area contributed by atoms with Crippen molar-refractivity contribution in [2.45, 2.75) is 12.1 Å². The van der Waals surface area contributed by atoms with Crippen LogP contribution in [0.1, 0.15) is 0 Å². The van der Waals surface area contributed by atoms with Gasteiger partial charge in [-0.3, -0.25) is 0 Å². The Morgan fingerprint density at radius 2 is 1.75 bits per heavy atom. The van der Waals surface area contributed by atoms with Crippen molar-refractivity contribution in [1.29, 1.82) is 0 Å². The lowest BCUT2D eigenvalue weighted by Gasteiger charge is -2.19. The van der Waals surface area contributed by atoms with Crippen molar-refractivity contribution >= 4 is 15.5 Å². The molecule has 1 aromatic carbocycles. The van der Waals surface area contributed by atoms with Gasteiger partial charge in [0.15, 0.2) is 9.84 Å². The monoisotopic (exact) mass is 240 g/mol. The molecule has 0 aromatic heterocycles. The molecule has 1 fully saturated rings. The van der Waals surface area contributed by atoms with Crippen molar-refractivity contribution in [2.75, 3.05) is 23.9 Å². The maximum atomic E-state index is 11.5. The van der Waals surface area contributed by atoms with E-state index in [2.05, 4.69) is 10.6 Å². The van der Waals surface area contributed by atoms with E-state index in [9.17, 15) is 8.42 Å². The number of sulfone groups is 1. The summed E-state index contributed by atoms with van der Waals surface area (Å²) in [6.45, 7) is 0. The van der Waals surface area contributed by atoms with Gasteiger partial charge in [-0.2, -0.15) is 0 Å². The van der Waals surface area contributed by atoms with Gasteiger partial charge in [-0.25, -0.2) is 8.42 Å². The summed E-state index contributed by atoms with van der Waals surface area (Å²) in [5.41, 5.74) is 0.963. The van der Waals surface area contributed by atoms with Gasteiger partial charge in [0.1, 0.15) is 0 Å². The molecule has 16 heavy (non-hydrogen) atoms. The Morgan fingerprint density at radius 1 is 1.12 bits per heavy atom. The second-order valence-electron chi connectivity index (χ2n) is 4.09. The zero-order valence-electron chi connectivity index (χ0n) is 9.18. The quantitative estimate of drug-likeness (QED) is 0.807. The molecule has 0 spiro atoms. The van der Waals surface area contributed by atoms with Crippen LogP contribution in [0, 0.1) is 0 Å². The first kappa shape index (κ1) is 11.4. The SMILES string of the molecule is CNC1CS(=O)(=O)CC1Nc1ccccc1. The summed E-state index contributed by atoms with van der Waals surface area (Å²) in [7, 11) is -1.11. The smallest absolute Gasteiger partial charge is 0.153 e. The van der Waals surface area contributed by atoms with Crippen molar-refractivity contribution in [3.05, 3.63) is 30.3 Å². The number of rotatable bonds is 3. The van der Waals surface area contributed by atoms with Crippen LogP contribution in [0.25, 0.3) is 0 Å². The fourth-order valence-corrected chi connectivity index (χ4v) is 3.97. The Labute approximate surface area is 96.0 Å². The summed E-state index contributed by atoms with van der Waals surface area (Å²) in [6.07, 6.45) is 0. The topological polar surface area (TPSA) is 58.2 Å². The van der Waals surface area contributed by atoms with Gasteiger partial charge in [0, 0.05) is 11.7 Å². The van der Waals surface area contributed by atoms with Crippen molar-refractivity contribution in [3.63, 3.8) is 0 Å². The highest BCUT2D eigenvalue weighted by molar-refractivity contribution is 7.91. The molecule has 2 unspecified atom stereocenters. The molecule has 0 aliphatic carbocycles. The molecule has 2 rings (SSSR count). The normalized spacial score (nSPS) is 27.8. The standard InChI is InChI=1S/C11H16N2O2S/c1-12-10-7-16(14,15)8-11(10)13-9-5-3-2-4-6-9/h2-6,10-13H,7-8H2,1H3. The highest BCUT2D eigenvalue weighted by Crippen LogP contribution is 2.17. The van der Waals surface area contributed by atoms with Crippen LogP contribution in [0.15, 0.2) is 30.3 Å². The predicted octanol–water partition coefficient (Wildman–Crippen LogP) is 0.484. The largest absolute Gasteiger partial charge is 0.380 e. The number of likely N-dealkylation sites (N-methyl/N-ethyl adjacent to an activating group) is 1. The maximum absolute atomic E-state index is 11.5. The van der Waals surface area contributed by atoms with Crippen LogP contribution in [-0.2, 0) is 9.84 Å². The Balaban J connectivity index is 2.10. The van der Waals surface area contributed by atoms with E-state index in [0.29, 0.717) is 0 Å². The molecule has 0 bridgehead atoms. The molecule has 0 amide bonds. The third-order valence-corrected chi connectivity index (χ3v) is 4.58. The molecule has 1 aromatic rings. The van der Waals surface area contributed by atoms with E-state index in [4.69, 9.17) is 0 Å². The van der Waals surface area contributed by atoms with E-state index in [1.165, 1.54) is 0 Å². The second kappa shape index (κ2) is 4.43. The number of para-hydroxylation sites is 1. The molecule has 88 valence electrons. The summed E-state index contributed by atoms with van der Waals surface area (Å²) in [5, 5.41) is 6.30. The lowest BCUT2D eigenvalue weighted by atomic mass is 10.1. The highest BCUT2D eigenvalue weighted by Gasteiger charge is 2.36. The maximum Gasteiger partial charge on any atom is 0.153 e. The van der Waals surface area contributed by atoms with Crippen LogP contribution in [0.2, 0.25) is 0 Å². The molecule has 5 heteroatoms. The average Bonchev–Trinajstić information content (AvgIpc) is 2.54. The molecule has 1 aliphatic heterocycles. The van der Waals surface area contributed by atoms with Gasteiger partial charge in [0.05, 0.1) is 17.5 Å². The molecule has 1 heterocycles. The molecular weight excluding hydrogens is 224 g/mol.